The van der Waals surface area contributed by atoms with Crippen molar-refractivity contribution in [3.63, 3.8) is 0 Å². The van der Waals surface area contributed by atoms with Gasteiger partial charge in [0.1, 0.15) is 0 Å². The van der Waals surface area contributed by atoms with Crippen LogP contribution in [0.5, 0.6) is 0 Å². The largest absolute Gasteiger partial charge is 0.252 e. The molecule has 0 aliphatic carbocycles. The molecule has 214 valence electrons. The molecule has 0 saturated carbocycles. The number of benzene rings is 2. The number of unbranched alkanes of at least 4 members (excludes halogenated alkanes) is 11. The SMILES string of the molecule is CCCCCCCCCCCC(=N\c1ccc(C)c(C)c1)/C(CCCCCC)=N/c1ccc(C)c(C)c1.[Pd]. The van der Waals surface area contributed by atoms with E-state index in [1.165, 1.54) is 117 Å². The van der Waals surface area contributed by atoms with Crippen LogP contribution >= 0.6 is 0 Å². The second-order valence-electron chi connectivity index (χ2n) is 11.0. The third-order valence-corrected chi connectivity index (χ3v) is 7.63. The third kappa shape index (κ3) is 13.5. The molecule has 2 aromatic carbocycles. The van der Waals surface area contributed by atoms with Crippen molar-refractivity contribution in [2.24, 2.45) is 9.98 Å². The minimum absolute atomic E-state index is 0. The van der Waals surface area contributed by atoms with Crippen molar-refractivity contribution in [1.82, 2.24) is 0 Å². The first kappa shape index (κ1) is 34.5. The van der Waals surface area contributed by atoms with Crippen molar-refractivity contribution >= 4 is 22.8 Å². The van der Waals surface area contributed by atoms with Crippen molar-refractivity contribution < 1.29 is 20.4 Å². The van der Waals surface area contributed by atoms with E-state index in [4.69, 9.17) is 9.98 Å². The maximum Gasteiger partial charge on any atom is 0.0636 e. The van der Waals surface area contributed by atoms with Gasteiger partial charge in [0, 0.05) is 20.4 Å². The molecule has 0 N–H and O–H groups in total. The van der Waals surface area contributed by atoms with Crippen LogP contribution in [0.2, 0.25) is 0 Å². The standard InChI is InChI=1S/C35H54N2.Pd/c1-7-9-11-13-14-15-16-17-19-21-35(37-33-25-23-29(4)31(6)27-33)34(20-18-12-10-8-2)36-32-24-22-28(3)30(5)26-32;/h22-27H,7-21H2,1-6H3;/b36-34+,37-35+;. The molecule has 0 radical (unpaired) electrons. The predicted molar refractivity (Wildman–Crippen MR) is 167 cm³/mol. The van der Waals surface area contributed by atoms with Gasteiger partial charge < -0.3 is 0 Å². The van der Waals surface area contributed by atoms with E-state index in [2.05, 4.69) is 77.9 Å². The molecule has 0 unspecified atom stereocenters. The maximum absolute atomic E-state index is 5.25. The van der Waals surface area contributed by atoms with Crippen LogP contribution in [0.1, 0.15) is 132 Å². The molecular weight excluding hydrogens is 555 g/mol. The molecule has 0 saturated heterocycles. The van der Waals surface area contributed by atoms with Gasteiger partial charge in [-0.25, -0.2) is 0 Å². The van der Waals surface area contributed by atoms with Gasteiger partial charge in [0.15, 0.2) is 0 Å². The molecule has 0 heterocycles. The third-order valence-electron chi connectivity index (χ3n) is 7.63. The fraction of sp³-hybridized carbons (Fsp3) is 0.600. The van der Waals surface area contributed by atoms with Crippen LogP contribution in [-0.4, -0.2) is 11.4 Å². The normalized spacial score (nSPS) is 12.1. The van der Waals surface area contributed by atoms with Crippen molar-refractivity contribution in [3.8, 4) is 0 Å². The molecule has 0 bridgehead atoms. The van der Waals surface area contributed by atoms with E-state index in [1.54, 1.807) is 0 Å². The summed E-state index contributed by atoms with van der Waals surface area (Å²) in [6.07, 6.45) is 19.1. The second kappa shape index (κ2) is 20.4. The van der Waals surface area contributed by atoms with Crippen molar-refractivity contribution in [2.75, 3.05) is 0 Å². The van der Waals surface area contributed by atoms with Gasteiger partial charge in [0.2, 0.25) is 0 Å². The molecule has 0 atom stereocenters. The summed E-state index contributed by atoms with van der Waals surface area (Å²) in [5.74, 6) is 0. The van der Waals surface area contributed by atoms with E-state index in [0.29, 0.717) is 0 Å². The van der Waals surface area contributed by atoms with Gasteiger partial charge in [-0.15, -0.1) is 0 Å². The molecule has 0 aromatic heterocycles. The predicted octanol–water partition coefficient (Wildman–Crippen LogP) is 11.7. The molecule has 0 fully saturated rings. The summed E-state index contributed by atoms with van der Waals surface area (Å²) in [4.78, 5) is 10.5. The van der Waals surface area contributed by atoms with E-state index in [0.717, 1.165) is 24.2 Å². The first-order valence-electron chi connectivity index (χ1n) is 15.2. The van der Waals surface area contributed by atoms with Gasteiger partial charge in [0.05, 0.1) is 22.8 Å². The Kier molecular flexibility index (Phi) is 18.5. The summed E-state index contributed by atoms with van der Waals surface area (Å²) in [5, 5.41) is 0. The summed E-state index contributed by atoms with van der Waals surface area (Å²) in [6, 6.07) is 13.2. The Morgan fingerprint density at radius 3 is 1.18 bits per heavy atom. The van der Waals surface area contributed by atoms with E-state index in [9.17, 15) is 0 Å². The zero-order valence-electron chi connectivity index (χ0n) is 25.3. The summed E-state index contributed by atoms with van der Waals surface area (Å²) in [5.41, 5.74) is 9.77. The summed E-state index contributed by atoms with van der Waals surface area (Å²) >= 11 is 0. The molecule has 2 nitrogen and oxygen atoms in total. The Morgan fingerprint density at radius 2 is 0.816 bits per heavy atom. The molecule has 0 aliphatic heterocycles. The molecule has 0 spiro atoms. The summed E-state index contributed by atoms with van der Waals surface area (Å²) < 4.78 is 0. The van der Waals surface area contributed by atoms with Crippen LogP contribution in [0.4, 0.5) is 11.4 Å². The minimum atomic E-state index is 0. The first-order valence-corrected chi connectivity index (χ1v) is 15.2. The summed E-state index contributed by atoms with van der Waals surface area (Å²) in [7, 11) is 0. The van der Waals surface area contributed by atoms with E-state index < -0.39 is 0 Å². The Labute approximate surface area is 248 Å². The van der Waals surface area contributed by atoms with Crippen LogP contribution in [0.15, 0.2) is 46.4 Å². The van der Waals surface area contributed by atoms with Crippen LogP contribution in [0, 0.1) is 27.7 Å². The van der Waals surface area contributed by atoms with Gasteiger partial charge in [-0.2, -0.15) is 0 Å². The Balaban J connectivity index is 0.00000722. The fourth-order valence-corrected chi connectivity index (χ4v) is 4.75. The van der Waals surface area contributed by atoms with E-state index >= 15 is 0 Å². The molecule has 2 rings (SSSR count). The minimum Gasteiger partial charge on any atom is -0.252 e. The Morgan fingerprint density at radius 1 is 0.474 bits per heavy atom. The number of aliphatic imine (C=N–C) groups is 2. The Bertz CT molecular complexity index is 989. The van der Waals surface area contributed by atoms with Crippen LogP contribution in [0.3, 0.4) is 0 Å². The average molecular weight is 609 g/mol. The zero-order chi connectivity index (χ0) is 26.9. The first-order chi connectivity index (χ1) is 17.9. The van der Waals surface area contributed by atoms with Crippen LogP contribution < -0.4 is 0 Å². The smallest absolute Gasteiger partial charge is 0.0636 e. The number of nitrogens with zero attached hydrogens (tertiary/aromatic N) is 2. The molecule has 38 heavy (non-hydrogen) atoms. The van der Waals surface area contributed by atoms with E-state index in [1.807, 2.05) is 0 Å². The quantitative estimate of drug-likeness (QED) is 0.0913. The van der Waals surface area contributed by atoms with Crippen LogP contribution in [-0.2, 0) is 20.4 Å². The van der Waals surface area contributed by atoms with Gasteiger partial charge in [-0.05, 0) is 99.9 Å². The number of rotatable bonds is 18. The van der Waals surface area contributed by atoms with Gasteiger partial charge in [-0.3, -0.25) is 9.98 Å². The van der Waals surface area contributed by atoms with Gasteiger partial charge >= 0.3 is 0 Å². The maximum atomic E-state index is 5.25. The average Bonchev–Trinajstić information content (AvgIpc) is 2.88. The van der Waals surface area contributed by atoms with Gasteiger partial charge in [0.25, 0.3) is 0 Å². The zero-order valence-corrected chi connectivity index (χ0v) is 26.8. The second-order valence-corrected chi connectivity index (χ2v) is 11.0. The van der Waals surface area contributed by atoms with Crippen molar-refractivity contribution in [3.05, 3.63) is 58.7 Å². The van der Waals surface area contributed by atoms with Crippen molar-refractivity contribution in [1.29, 1.82) is 0 Å². The van der Waals surface area contributed by atoms with E-state index in [-0.39, 0.29) is 20.4 Å². The molecule has 0 aliphatic rings. The number of hydrogen-bond acceptors (Lipinski definition) is 2. The fourth-order valence-electron chi connectivity index (χ4n) is 4.75. The van der Waals surface area contributed by atoms with Crippen molar-refractivity contribution in [2.45, 2.75) is 138 Å². The van der Waals surface area contributed by atoms with Crippen LogP contribution in [0.25, 0.3) is 0 Å². The molecular formula is C35H54N2Pd. The molecule has 2 aromatic rings. The molecule has 3 heteroatoms. The van der Waals surface area contributed by atoms with Gasteiger partial charge in [-0.1, -0.05) is 96.6 Å². The monoisotopic (exact) mass is 608 g/mol. The topological polar surface area (TPSA) is 24.7 Å². The summed E-state index contributed by atoms with van der Waals surface area (Å²) in [6.45, 7) is 13.3. The molecule has 0 amide bonds. The Hall–Kier alpha value is -1.56. The number of aryl methyl sites for hydroxylation is 4. The number of hydrogen-bond donors (Lipinski definition) is 0.